The van der Waals surface area contributed by atoms with Gasteiger partial charge in [0, 0.05) is 56.5 Å². The molecular formula is C29H32ClF3N10O2. The highest BCUT2D eigenvalue weighted by molar-refractivity contribution is 6.32. The fraction of sp³-hybridized carbons (Fsp3) is 0.517. The second kappa shape index (κ2) is 11.8. The van der Waals surface area contributed by atoms with Gasteiger partial charge in [0.2, 0.25) is 5.95 Å². The van der Waals surface area contributed by atoms with Crippen molar-refractivity contribution in [3.8, 4) is 16.9 Å². The van der Waals surface area contributed by atoms with E-state index >= 15 is 0 Å². The van der Waals surface area contributed by atoms with E-state index in [2.05, 4.69) is 40.8 Å². The fourth-order valence-electron chi connectivity index (χ4n) is 6.61. The lowest BCUT2D eigenvalue weighted by atomic mass is 9.60. The quantitative estimate of drug-likeness (QED) is 0.266. The van der Waals surface area contributed by atoms with Crippen LogP contribution in [0, 0.1) is 5.41 Å². The van der Waals surface area contributed by atoms with E-state index in [1.165, 1.54) is 29.6 Å². The summed E-state index contributed by atoms with van der Waals surface area (Å²) in [5, 5.41) is 18.2. The summed E-state index contributed by atoms with van der Waals surface area (Å²) >= 11 is 6.36. The third kappa shape index (κ3) is 6.33. The number of likely N-dealkylation sites (tertiary alicyclic amines) is 1. The van der Waals surface area contributed by atoms with E-state index < -0.39 is 11.9 Å². The number of halogens is 4. The molecule has 4 aromatic rings. The predicted octanol–water partition coefficient (Wildman–Crippen LogP) is 5.03. The van der Waals surface area contributed by atoms with Gasteiger partial charge in [0.25, 0.3) is 0 Å². The van der Waals surface area contributed by atoms with Gasteiger partial charge in [0.05, 0.1) is 23.3 Å². The van der Waals surface area contributed by atoms with Crippen molar-refractivity contribution < 1.29 is 22.6 Å². The van der Waals surface area contributed by atoms with Crippen LogP contribution >= 0.6 is 11.6 Å². The number of rotatable bonds is 9. The highest BCUT2D eigenvalue weighted by atomic mass is 35.5. The minimum absolute atomic E-state index is 0.0282. The topological polar surface area (TPSA) is 121 Å². The second-order valence-electron chi connectivity index (χ2n) is 12.2. The molecule has 3 fully saturated rings. The van der Waals surface area contributed by atoms with Gasteiger partial charge in [-0.1, -0.05) is 17.7 Å². The van der Waals surface area contributed by atoms with E-state index in [-0.39, 0.29) is 29.2 Å². The number of ether oxygens (including phenoxy) is 2. The van der Waals surface area contributed by atoms with Gasteiger partial charge in [0.15, 0.2) is 5.69 Å². The Labute approximate surface area is 261 Å². The third-order valence-electron chi connectivity index (χ3n) is 8.82. The number of tetrazole rings is 1. The first-order chi connectivity index (χ1) is 21.6. The van der Waals surface area contributed by atoms with Crippen LogP contribution in [-0.2, 0) is 17.5 Å². The number of alkyl halides is 3. The lowest BCUT2D eigenvalue weighted by Crippen LogP contribution is -2.65. The molecule has 1 N–H and O–H groups in total. The normalized spacial score (nSPS) is 19.7. The van der Waals surface area contributed by atoms with Gasteiger partial charge < -0.3 is 14.8 Å². The number of nitrogens with zero attached hydrogens (tertiary/aromatic N) is 9. The number of benzene rings is 1. The van der Waals surface area contributed by atoms with Crippen molar-refractivity contribution >= 4 is 23.2 Å². The Hall–Kier alpha value is -3.82. The maximum atomic E-state index is 14.0. The molecule has 5 heterocycles. The first-order valence-corrected chi connectivity index (χ1v) is 15.3. The molecule has 3 aliphatic rings. The summed E-state index contributed by atoms with van der Waals surface area (Å²) in [6.45, 7) is 5.87. The zero-order valence-electron chi connectivity index (χ0n) is 24.5. The Morgan fingerprint density at radius 2 is 1.87 bits per heavy atom. The molecule has 1 spiro atoms. The van der Waals surface area contributed by atoms with Crippen LogP contribution in [-0.4, -0.2) is 83.3 Å². The molecule has 16 heteroatoms. The minimum atomic E-state index is -4.63. The Balaban J connectivity index is 1.00. The van der Waals surface area contributed by atoms with Crippen LogP contribution in [0.5, 0.6) is 5.75 Å². The highest BCUT2D eigenvalue weighted by Gasteiger charge is 2.54. The molecule has 12 nitrogen and oxygen atoms in total. The van der Waals surface area contributed by atoms with Crippen LogP contribution < -0.4 is 10.1 Å². The number of nitrogens with one attached hydrogen (secondary N) is 1. The third-order valence-corrected chi connectivity index (χ3v) is 9.13. The molecule has 238 valence electrons. The SMILES string of the molecule is C[C@@H](Cn1cnnn1)Oc1cc(-c2cnc(Nc3cn(C4CC5(C4)CN(C4CCOCC4)C5)nc3C(F)(F)F)nc2)ccc1Cl. The van der Waals surface area contributed by atoms with Crippen LogP contribution in [0.4, 0.5) is 24.8 Å². The van der Waals surface area contributed by atoms with Crippen LogP contribution in [0.15, 0.2) is 43.1 Å². The number of hydrogen-bond acceptors (Lipinski definition) is 10. The van der Waals surface area contributed by atoms with E-state index in [4.69, 9.17) is 21.1 Å². The smallest absolute Gasteiger partial charge is 0.437 e. The lowest BCUT2D eigenvalue weighted by molar-refractivity contribution is -0.142. The first-order valence-electron chi connectivity index (χ1n) is 14.9. The van der Waals surface area contributed by atoms with Crippen molar-refractivity contribution in [2.45, 2.75) is 63.5 Å². The van der Waals surface area contributed by atoms with E-state index in [0.717, 1.165) is 57.6 Å². The molecule has 3 aromatic heterocycles. The van der Waals surface area contributed by atoms with Gasteiger partial charge in [-0.3, -0.25) is 9.58 Å². The van der Waals surface area contributed by atoms with Crippen molar-refractivity contribution in [1.29, 1.82) is 0 Å². The van der Waals surface area contributed by atoms with Crippen LogP contribution in [0.3, 0.4) is 0 Å². The Bertz CT molecular complexity index is 1610. The lowest BCUT2D eigenvalue weighted by Gasteiger charge is -2.61. The van der Waals surface area contributed by atoms with Gasteiger partial charge >= 0.3 is 6.18 Å². The standard InChI is InChI=1S/C29H32ClF3N10O2/c1-18(13-42-17-36-39-40-42)45-25-8-19(2-3-23(25)30)20-11-34-27(35-12-20)37-24-14-43(38-26(24)29(31,32)33)22-9-28(10-22)15-41(16-28)21-4-6-44-7-5-21/h2-3,8,11-12,14,17-18,21-22H,4-7,9-10,13,15-16H2,1H3,(H,34,35,37)/t18-/m0/s1. The molecule has 0 amide bonds. The Morgan fingerprint density at radius 3 is 2.56 bits per heavy atom. The largest absolute Gasteiger partial charge is 0.487 e. The molecule has 7 rings (SSSR count). The van der Waals surface area contributed by atoms with Crippen molar-refractivity contribution in [1.82, 2.24) is 44.9 Å². The summed E-state index contributed by atoms with van der Waals surface area (Å²) < 4.78 is 56.4. The van der Waals surface area contributed by atoms with Crippen molar-refractivity contribution in [2.24, 2.45) is 5.41 Å². The van der Waals surface area contributed by atoms with Crippen LogP contribution in [0.1, 0.15) is 44.3 Å². The average Bonchev–Trinajstić information content (AvgIpc) is 3.64. The molecule has 0 bridgehead atoms. The maximum absolute atomic E-state index is 14.0. The maximum Gasteiger partial charge on any atom is 0.437 e. The highest BCUT2D eigenvalue weighted by Crippen LogP contribution is 2.55. The van der Waals surface area contributed by atoms with Crippen LogP contribution in [0.2, 0.25) is 5.02 Å². The minimum Gasteiger partial charge on any atom is -0.487 e. The van der Waals surface area contributed by atoms with Gasteiger partial charge in [-0.2, -0.15) is 18.3 Å². The zero-order chi connectivity index (χ0) is 31.2. The van der Waals surface area contributed by atoms with Crippen molar-refractivity contribution in [2.75, 3.05) is 31.6 Å². The van der Waals surface area contributed by atoms with Gasteiger partial charge in [-0.15, -0.1) is 5.10 Å². The Kier molecular flexibility index (Phi) is 7.86. The van der Waals surface area contributed by atoms with E-state index in [0.29, 0.717) is 28.9 Å². The average molecular weight is 645 g/mol. The molecule has 1 aliphatic carbocycles. The summed E-state index contributed by atoms with van der Waals surface area (Å²) in [7, 11) is 0. The molecule has 1 aromatic carbocycles. The number of aromatic nitrogens is 8. The van der Waals surface area contributed by atoms with E-state index in [9.17, 15) is 13.2 Å². The molecule has 2 saturated heterocycles. The summed E-state index contributed by atoms with van der Waals surface area (Å²) in [5.41, 5.74) is 0.386. The molecule has 45 heavy (non-hydrogen) atoms. The van der Waals surface area contributed by atoms with Crippen LogP contribution in [0.25, 0.3) is 11.1 Å². The van der Waals surface area contributed by atoms with Crippen molar-refractivity contribution in [3.63, 3.8) is 0 Å². The van der Waals surface area contributed by atoms with Crippen molar-refractivity contribution in [3.05, 3.63) is 53.8 Å². The summed E-state index contributed by atoms with van der Waals surface area (Å²) in [4.78, 5) is 11.1. The molecule has 0 unspecified atom stereocenters. The molecular weight excluding hydrogens is 613 g/mol. The van der Waals surface area contributed by atoms with Gasteiger partial charge in [0.1, 0.15) is 18.2 Å². The van der Waals surface area contributed by atoms with Gasteiger partial charge in [-0.05, 0) is 66.1 Å². The summed E-state index contributed by atoms with van der Waals surface area (Å²) in [5.74, 6) is 0.482. The molecule has 2 aliphatic heterocycles. The number of hydrogen-bond donors (Lipinski definition) is 1. The summed E-state index contributed by atoms with van der Waals surface area (Å²) in [6, 6.07) is 5.73. The fourth-order valence-corrected chi connectivity index (χ4v) is 6.77. The predicted molar refractivity (Wildman–Crippen MR) is 157 cm³/mol. The van der Waals surface area contributed by atoms with E-state index in [1.54, 1.807) is 22.9 Å². The first kappa shape index (κ1) is 29.9. The monoisotopic (exact) mass is 644 g/mol. The summed E-state index contributed by atoms with van der Waals surface area (Å²) in [6.07, 6.45) is 4.79. The second-order valence-corrected chi connectivity index (χ2v) is 12.6. The van der Waals surface area contributed by atoms with Gasteiger partial charge in [-0.25, -0.2) is 14.6 Å². The number of anilines is 2. The Morgan fingerprint density at radius 1 is 1.11 bits per heavy atom. The van der Waals surface area contributed by atoms with E-state index in [1.807, 2.05) is 6.92 Å². The molecule has 1 saturated carbocycles. The zero-order valence-corrected chi connectivity index (χ0v) is 25.2. The molecule has 0 radical (unpaired) electrons. The molecule has 1 atom stereocenters.